The second kappa shape index (κ2) is 7.91. The van der Waals surface area contributed by atoms with Gasteiger partial charge in [0, 0.05) is 31.0 Å². The van der Waals surface area contributed by atoms with Gasteiger partial charge in [-0.1, -0.05) is 17.7 Å². The monoisotopic (exact) mass is 356 g/mol. The smallest absolute Gasteiger partial charge is 0.264 e. The van der Waals surface area contributed by atoms with Gasteiger partial charge in [-0.3, -0.25) is 9.89 Å². The van der Waals surface area contributed by atoms with E-state index < -0.39 is 5.60 Å². The molecular weight excluding hydrogens is 328 g/mol. The van der Waals surface area contributed by atoms with Crippen molar-refractivity contribution in [1.29, 1.82) is 0 Å². The van der Waals surface area contributed by atoms with E-state index in [4.69, 9.17) is 4.74 Å². The highest BCUT2D eigenvalue weighted by Crippen LogP contribution is 2.27. The maximum absolute atomic E-state index is 13.1. The fourth-order valence-corrected chi connectivity index (χ4v) is 3.34. The molecule has 26 heavy (non-hydrogen) atoms. The van der Waals surface area contributed by atoms with Gasteiger partial charge in [-0.25, -0.2) is 0 Å². The number of hydrogen-bond acceptors (Lipinski definition) is 4. The summed E-state index contributed by atoms with van der Waals surface area (Å²) in [5.74, 6) is 0.697. The third-order valence-electron chi connectivity index (χ3n) is 4.81. The molecule has 3 N–H and O–H groups in total. The Kier molecular flexibility index (Phi) is 5.61. The van der Waals surface area contributed by atoms with E-state index in [0.717, 1.165) is 30.2 Å². The van der Waals surface area contributed by atoms with E-state index in [0.29, 0.717) is 19.3 Å². The average Bonchev–Trinajstić information content (AvgIpc) is 3.02. The number of carbonyl (C=O) groups excluding carboxylic acids is 1. The highest BCUT2D eigenvalue weighted by Gasteiger charge is 2.42. The average molecular weight is 356 g/mol. The molecule has 1 atom stereocenters. The largest absolute Gasteiger partial charge is 0.477 e. The first-order valence-electron chi connectivity index (χ1n) is 9.25. The van der Waals surface area contributed by atoms with Crippen LogP contribution in [0, 0.1) is 13.8 Å². The molecule has 6 heteroatoms. The quantitative estimate of drug-likeness (QED) is 0.742. The predicted octanol–water partition coefficient (Wildman–Crippen LogP) is 2.27. The van der Waals surface area contributed by atoms with Crippen molar-refractivity contribution in [2.45, 2.75) is 51.7 Å². The van der Waals surface area contributed by atoms with Crippen molar-refractivity contribution < 1.29 is 9.53 Å². The molecule has 1 aromatic heterocycles. The summed E-state index contributed by atoms with van der Waals surface area (Å²) in [5.41, 5.74) is 2.32. The number of rotatable bonds is 6. The number of carbonyl (C=O) groups is 1. The van der Waals surface area contributed by atoms with Gasteiger partial charge in [-0.05, 0) is 52.1 Å². The van der Waals surface area contributed by atoms with Gasteiger partial charge in [-0.2, -0.15) is 5.10 Å². The van der Waals surface area contributed by atoms with Crippen LogP contribution in [0.25, 0.3) is 0 Å². The Labute approximate surface area is 154 Å². The molecule has 1 saturated heterocycles. The lowest BCUT2D eigenvalue weighted by atomic mass is 9.90. The predicted molar refractivity (Wildman–Crippen MR) is 101 cm³/mol. The summed E-state index contributed by atoms with van der Waals surface area (Å²) in [7, 11) is 0. The van der Waals surface area contributed by atoms with Gasteiger partial charge in [0.2, 0.25) is 0 Å². The van der Waals surface area contributed by atoms with Crippen molar-refractivity contribution in [2.75, 3.05) is 13.1 Å². The number of aromatic amines is 1. The normalized spacial score (nSPS) is 17.5. The van der Waals surface area contributed by atoms with Crippen molar-refractivity contribution in [2.24, 2.45) is 0 Å². The third kappa shape index (κ3) is 4.43. The van der Waals surface area contributed by atoms with Crippen LogP contribution in [-0.4, -0.2) is 40.8 Å². The highest BCUT2D eigenvalue weighted by atomic mass is 16.5. The van der Waals surface area contributed by atoms with Crippen LogP contribution in [0.15, 0.2) is 30.3 Å². The van der Waals surface area contributed by atoms with E-state index in [1.54, 1.807) is 0 Å². The van der Waals surface area contributed by atoms with Crippen molar-refractivity contribution in [3.05, 3.63) is 47.3 Å². The Morgan fingerprint density at radius 1 is 1.27 bits per heavy atom. The molecule has 0 radical (unpaired) electrons. The summed E-state index contributed by atoms with van der Waals surface area (Å²) >= 11 is 0. The minimum absolute atomic E-state index is 0.0152. The molecule has 1 aliphatic rings. The third-order valence-corrected chi connectivity index (χ3v) is 4.81. The van der Waals surface area contributed by atoms with Crippen LogP contribution in [0.5, 0.6) is 5.75 Å². The molecule has 6 nitrogen and oxygen atoms in total. The van der Waals surface area contributed by atoms with Gasteiger partial charge in [-0.15, -0.1) is 0 Å². The fraction of sp³-hybridized carbons (Fsp3) is 0.500. The second-order valence-corrected chi connectivity index (χ2v) is 7.28. The van der Waals surface area contributed by atoms with Crippen LogP contribution in [0.2, 0.25) is 0 Å². The van der Waals surface area contributed by atoms with Crippen LogP contribution in [0.4, 0.5) is 0 Å². The molecule has 0 saturated carbocycles. The van der Waals surface area contributed by atoms with Gasteiger partial charge in [0.15, 0.2) is 5.60 Å². The highest BCUT2D eigenvalue weighted by molar-refractivity contribution is 5.86. The SMILES string of the molecule is Cc1ccc(OC2(C(=O)N[C@@H](C)Cc3cc(C)[nH]n3)CCNCC2)cc1. The second-order valence-electron chi connectivity index (χ2n) is 7.28. The Balaban J connectivity index is 1.69. The topological polar surface area (TPSA) is 79.0 Å². The number of nitrogens with zero attached hydrogens (tertiary/aromatic N) is 1. The van der Waals surface area contributed by atoms with Crippen LogP contribution < -0.4 is 15.4 Å². The molecule has 1 aliphatic heterocycles. The number of benzene rings is 1. The van der Waals surface area contributed by atoms with E-state index in [2.05, 4.69) is 20.8 Å². The fourth-order valence-electron chi connectivity index (χ4n) is 3.34. The van der Waals surface area contributed by atoms with E-state index >= 15 is 0 Å². The lowest BCUT2D eigenvalue weighted by molar-refractivity contribution is -0.139. The molecule has 0 spiro atoms. The first kappa shape index (κ1) is 18.5. The van der Waals surface area contributed by atoms with Crippen molar-refractivity contribution in [3.8, 4) is 5.75 Å². The van der Waals surface area contributed by atoms with Crippen LogP contribution >= 0.6 is 0 Å². The number of aryl methyl sites for hydroxylation is 2. The molecular formula is C20H28N4O2. The Bertz CT molecular complexity index is 733. The first-order valence-corrected chi connectivity index (χ1v) is 9.25. The maximum atomic E-state index is 13.1. The number of ether oxygens (including phenoxy) is 1. The minimum atomic E-state index is -0.823. The zero-order chi connectivity index (χ0) is 18.6. The van der Waals surface area contributed by atoms with E-state index in [1.807, 2.05) is 51.1 Å². The molecule has 0 unspecified atom stereocenters. The zero-order valence-electron chi connectivity index (χ0n) is 15.8. The summed E-state index contributed by atoms with van der Waals surface area (Å²) in [6.45, 7) is 7.55. The summed E-state index contributed by atoms with van der Waals surface area (Å²) in [6, 6.07) is 9.87. The van der Waals surface area contributed by atoms with Crippen molar-refractivity contribution in [1.82, 2.24) is 20.8 Å². The first-order chi connectivity index (χ1) is 12.5. The lowest BCUT2D eigenvalue weighted by Crippen LogP contribution is -2.58. The molecule has 1 amide bonds. The number of amides is 1. The molecule has 1 aromatic carbocycles. The molecule has 0 aliphatic carbocycles. The zero-order valence-corrected chi connectivity index (χ0v) is 15.8. The van der Waals surface area contributed by atoms with Gasteiger partial charge in [0.1, 0.15) is 5.75 Å². The molecule has 1 fully saturated rings. The van der Waals surface area contributed by atoms with E-state index in [9.17, 15) is 4.79 Å². The van der Waals surface area contributed by atoms with E-state index in [-0.39, 0.29) is 11.9 Å². The van der Waals surface area contributed by atoms with Gasteiger partial charge in [0.25, 0.3) is 5.91 Å². The van der Waals surface area contributed by atoms with Crippen molar-refractivity contribution in [3.63, 3.8) is 0 Å². The van der Waals surface area contributed by atoms with Gasteiger partial charge < -0.3 is 15.4 Å². The summed E-state index contributed by atoms with van der Waals surface area (Å²) < 4.78 is 6.24. The van der Waals surface area contributed by atoms with Crippen molar-refractivity contribution >= 4 is 5.91 Å². The molecule has 2 heterocycles. The van der Waals surface area contributed by atoms with Crippen LogP contribution in [0.3, 0.4) is 0 Å². The lowest BCUT2D eigenvalue weighted by Gasteiger charge is -2.37. The van der Waals surface area contributed by atoms with Crippen LogP contribution in [-0.2, 0) is 11.2 Å². The molecule has 3 rings (SSSR count). The van der Waals surface area contributed by atoms with Gasteiger partial charge in [0.05, 0.1) is 5.69 Å². The molecule has 0 bridgehead atoms. The number of nitrogens with one attached hydrogen (secondary N) is 3. The number of piperidine rings is 1. The Hall–Kier alpha value is -2.34. The van der Waals surface area contributed by atoms with E-state index in [1.165, 1.54) is 5.56 Å². The number of aromatic nitrogens is 2. The molecule has 2 aromatic rings. The van der Waals surface area contributed by atoms with Gasteiger partial charge >= 0.3 is 0 Å². The number of hydrogen-bond donors (Lipinski definition) is 3. The molecule has 140 valence electrons. The van der Waals surface area contributed by atoms with Crippen LogP contribution in [0.1, 0.15) is 36.7 Å². The Morgan fingerprint density at radius 3 is 2.58 bits per heavy atom. The summed E-state index contributed by atoms with van der Waals surface area (Å²) in [5, 5.41) is 13.6. The minimum Gasteiger partial charge on any atom is -0.477 e. The standard InChI is InChI=1S/C20H28N4O2/c1-14-4-6-18(7-5-14)26-20(8-10-21-11-9-20)19(25)22-15(2)12-17-13-16(3)23-24-17/h4-7,13,15,21H,8-12H2,1-3H3,(H,22,25)(H,23,24)/t15-/m0/s1. The Morgan fingerprint density at radius 2 is 1.96 bits per heavy atom. The maximum Gasteiger partial charge on any atom is 0.264 e. The number of H-pyrrole nitrogens is 1. The summed E-state index contributed by atoms with van der Waals surface area (Å²) in [6.07, 6.45) is 2.00. The summed E-state index contributed by atoms with van der Waals surface area (Å²) in [4.78, 5) is 13.1.